The molecule has 0 fully saturated rings. The molecule has 1 N–H and O–H groups in total. The van der Waals surface area contributed by atoms with Crippen LogP contribution >= 0.6 is 0 Å². The predicted octanol–water partition coefficient (Wildman–Crippen LogP) is 2.60. The molecule has 0 bridgehead atoms. The quantitative estimate of drug-likeness (QED) is 0.612. The molecule has 1 aromatic carbocycles. The Labute approximate surface area is 108 Å². The Balaban J connectivity index is 2.97. The van der Waals surface area contributed by atoms with Gasteiger partial charge in [0.2, 0.25) is 0 Å². The van der Waals surface area contributed by atoms with Gasteiger partial charge in [0.1, 0.15) is 5.75 Å². The molecule has 1 rings (SSSR count). The van der Waals surface area contributed by atoms with E-state index in [1.54, 1.807) is 19.1 Å². The highest BCUT2D eigenvalue weighted by molar-refractivity contribution is 5.89. The first-order valence-corrected chi connectivity index (χ1v) is 5.87. The number of hydrogen-bond donors (Lipinski definition) is 1. The Morgan fingerprint density at radius 1 is 1.39 bits per heavy atom. The van der Waals surface area contributed by atoms with Gasteiger partial charge in [-0.1, -0.05) is 32.8 Å². The third-order valence-electron chi connectivity index (χ3n) is 2.44. The molecule has 0 atom stereocenters. The van der Waals surface area contributed by atoms with E-state index in [4.69, 9.17) is 0 Å². The number of aromatic hydroxyl groups is 1. The molecular formula is C15H18O3. The van der Waals surface area contributed by atoms with Crippen LogP contribution in [0.4, 0.5) is 0 Å². The van der Waals surface area contributed by atoms with Gasteiger partial charge in [-0.05, 0) is 30.0 Å². The van der Waals surface area contributed by atoms with Crippen molar-refractivity contribution in [2.45, 2.75) is 33.1 Å². The highest BCUT2D eigenvalue weighted by Crippen LogP contribution is 2.27. The van der Waals surface area contributed by atoms with E-state index in [-0.39, 0.29) is 11.2 Å². The summed E-state index contributed by atoms with van der Waals surface area (Å²) in [6.07, 6.45) is 0. The van der Waals surface area contributed by atoms with Crippen molar-refractivity contribution >= 4 is 5.97 Å². The zero-order valence-corrected chi connectivity index (χ0v) is 11.2. The number of hydrogen-bond acceptors (Lipinski definition) is 3. The van der Waals surface area contributed by atoms with Crippen molar-refractivity contribution < 1.29 is 14.6 Å². The van der Waals surface area contributed by atoms with Gasteiger partial charge < -0.3 is 9.84 Å². The summed E-state index contributed by atoms with van der Waals surface area (Å²) in [5.74, 6) is 4.43. The molecule has 0 spiro atoms. The number of rotatable bonds is 1. The first kappa shape index (κ1) is 14.1. The molecule has 0 aliphatic carbocycles. The van der Waals surface area contributed by atoms with Gasteiger partial charge in [-0.15, -0.1) is 0 Å². The summed E-state index contributed by atoms with van der Waals surface area (Å²) >= 11 is 0. The molecule has 18 heavy (non-hydrogen) atoms. The summed E-state index contributed by atoms with van der Waals surface area (Å²) in [6.45, 7) is 8.20. The maximum Gasteiger partial charge on any atom is 0.384 e. The lowest BCUT2D eigenvalue weighted by Crippen LogP contribution is -2.10. The highest BCUT2D eigenvalue weighted by Gasteiger charge is 2.14. The van der Waals surface area contributed by atoms with Gasteiger partial charge in [-0.3, -0.25) is 0 Å². The third kappa shape index (κ3) is 3.81. The van der Waals surface area contributed by atoms with Crippen LogP contribution in [0.5, 0.6) is 5.75 Å². The Morgan fingerprint density at radius 3 is 2.56 bits per heavy atom. The summed E-state index contributed by atoms with van der Waals surface area (Å²) < 4.78 is 4.69. The van der Waals surface area contributed by atoms with Gasteiger partial charge in [-0.2, -0.15) is 0 Å². The largest absolute Gasteiger partial charge is 0.507 e. The van der Waals surface area contributed by atoms with Crippen molar-refractivity contribution in [3.05, 3.63) is 29.3 Å². The van der Waals surface area contributed by atoms with E-state index >= 15 is 0 Å². The first-order valence-electron chi connectivity index (χ1n) is 5.87. The average Bonchev–Trinajstić information content (AvgIpc) is 2.26. The molecule has 0 saturated carbocycles. The van der Waals surface area contributed by atoms with Crippen LogP contribution in [0.2, 0.25) is 0 Å². The number of phenols is 1. The van der Waals surface area contributed by atoms with E-state index in [0.717, 1.165) is 5.56 Å². The molecule has 0 unspecified atom stereocenters. The van der Waals surface area contributed by atoms with Gasteiger partial charge in [0, 0.05) is 5.92 Å². The minimum atomic E-state index is -0.586. The van der Waals surface area contributed by atoms with E-state index in [0.29, 0.717) is 12.2 Å². The first-order chi connectivity index (χ1) is 8.34. The van der Waals surface area contributed by atoms with Crippen LogP contribution in [0.3, 0.4) is 0 Å². The molecule has 3 heteroatoms. The minimum Gasteiger partial charge on any atom is -0.507 e. The summed E-state index contributed by atoms with van der Waals surface area (Å²) in [4.78, 5) is 11.1. The summed E-state index contributed by atoms with van der Waals surface area (Å²) in [6, 6.07) is 5.28. The van der Waals surface area contributed by atoms with E-state index in [1.807, 2.05) is 6.07 Å². The lowest BCUT2D eigenvalue weighted by molar-refractivity contribution is -0.136. The third-order valence-corrected chi connectivity index (χ3v) is 2.44. The topological polar surface area (TPSA) is 46.5 Å². The second kappa shape index (κ2) is 5.59. The van der Waals surface area contributed by atoms with E-state index in [9.17, 15) is 9.90 Å². The normalized spacial score (nSPS) is 10.4. The zero-order chi connectivity index (χ0) is 13.8. The molecule has 3 nitrogen and oxygen atoms in total. The SMILES string of the molecule is CCOC(=O)C#Cc1ccc(C(C)(C)C)cc1O. The second-order valence-electron chi connectivity index (χ2n) is 4.95. The Morgan fingerprint density at radius 2 is 2.06 bits per heavy atom. The van der Waals surface area contributed by atoms with Crippen molar-refractivity contribution in [3.8, 4) is 17.6 Å². The zero-order valence-electron chi connectivity index (χ0n) is 11.2. The number of ether oxygens (including phenoxy) is 1. The Bertz CT molecular complexity index is 499. The number of carbonyl (C=O) groups excluding carboxylic acids is 1. The maximum absolute atomic E-state index is 11.1. The van der Waals surface area contributed by atoms with E-state index in [2.05, 4.69) is 37.3 Å². The highest BCUT2D eigenvalue weighted by atomic mass is 16.5. The molecule has 0 aliphatic heterocycles. The fourth-order valence-electron chi connectivity index (χ4n) is 1.39. The van der Waals surface area contributed by atoms with Gasteiger partial charge in [-0.25, -0.2) is 4.79 Å². The van der Waals surface area contributed by atoms with Crippen molar-refractivity contribution in [2.24, 2.45) is 0 Å². The van der Waals surface area contributed by atoms with Gasteiger partial charge in [0.15, 0.2) is 0 Å². The standard InChI is InChI=1S/C15H18O3/c1-5-18-14(17)9-7-11-6-8-12(10-13(11)16)15(2,3)4/h6,8,10,16H,5H2,1-4H3. The average molecular weight is 246 g/mol. The molecule has 96 valence electrons. The number of phenolic OH excluding ortho intramolecular Hbond substituents is 1. The summed E-state index contributed by atoms with van der Waals surface area (Å²) in [7, 11) is 0. The fourth-order valence-corrected chi connectivity index (χ4v) is 1.39. The lowest BCUT2D eigenvalue weighted by Gasteiger charge is -2.19. The molecule has 0 heterocycles. The van der Waals surface area contributed by atoms with Crippen LogP contribution < -0.4 is 0 Å². The van der Waals surface area contributed by atoms with Gasteiger partial charge in [0.25, 0.3) is 0 Å². The summed E-state index contributed by atoms with van der Waals surface area (Å²) in [5, 5.41) is 9.84. The Kier molecular flexibility index (Phi) is 4.38. The van der Waals surface area contributed by atoms with Crippen LogP contribution in [-0.2, 0) is 14.9 Å². The smallest absolute Gasteiger partial charge is 0.384 e. The van der Waals surface area contributed by atoms with Crippen molar-refractivity contribution in [1.82, 2.24) is 0 Å². The molecule has 0 amide bonds. The minimum absolute atomic E-state index is 0.0371. The molecular weight excluding hydrogens is 228 g/mol. The molecule has 0 radical (unpaired) electrons. The van der Waals surface area contributed by atoms with Crippen molar-refractivity contribution in [2.75, 3.05) is 6.61 Å². The molecule has 0 aliphatic rings. The molecule has 0 saturated heterocycles. The molecule has 1 aromatic rings. The van der Waals surface area contributed by atoms with Crippen LogP contribution in [0.25, 0.3) is 0 Å². The summed E-state index contributed by atoms with van der Waals surface area (Å²) in [5.41, 5.74) is 1.41. The molecule has 0 aromatic heterocycles. The van der Waals surface area contributed by atoms with E-state index in [1.165, 1.54) is 0 Å². The maximum atomic E-state index is 11.1. The predicted molar refractivity (Wildman–Crippen MR) is 70.3 cm³/mol. The monoisotopic (exact) mass is 246 g/mol. The second-order valence-corrected chi connectivity index (χ2v) is 4.95. The van der Waals surface area contributed by atoms with Crippen molar-refractivity contribution in [3.63, 3.8) is 0 Å². The van der Waals surface area contributed by atoms with Crippen LogP contribution in [0.1, 0.15) is 38.8 Å². The number of benzene rings is 1. The van der Waals surface area contributed by atoms with Crippen LogP contribution in [-0.4, -0.2) is 17.7 Å². The van der Waals surface area contributed by atoms with Crippen molar-refractivity contribution in [1.29, 1.82) is 0 Å². The fraction of sp³-hybridized carbons (Fsp3) is 0.400. The van der Waals surface area contributed by atoms with E-state index < -0.39 is 5.97 Å². The lowest BCUT2D eigenvalue weighted by atomic mass is 9.86. The van der Waals surface area contributed by atoms with Gasteiger partial charge >= 0.3 is 5.97 Å². The van der Waals surface area contributed by atoms with Gasteiger partial charge in [0.05, 0.1) is 12.2 Å². The van der Waals surface area contributed by atoms with Crippen LogP contribution in [0, 0.1) is 11.8 Å². The number of carbonyl (C=O) groups is 1. The number of esters is 1. The Hall–Kier alpha value is -1.95. The van der Waals surface area contributed by atoms with Crippen LogP contribution in [0.15, 0.2) is 18.2 Å².